The molecule has 2 aliphatic rings. The van der Waals surface area contributed by atoms with Crippen molar-refractivity contribution in [1.29, 1.82) is 0 Å². The van der Waals surface area contributed by atoms with Crippen molar-refractivity contribution in [1.82, 2.24) is 9.88 Å². The summed E-state index contributed by atoms with van der Waals surface area (Å²) >= 11 is 11.6. The number of pyridine rings is 1. The summed E-state index contributed by atoms with van der Waals surface area (Å²) in [7, 11) is 0. The van der Waals surface area contributed by atoms with Crippen molar-refractivity contribution < 1.29 is 23.9 Å². The maximum atomic E-state index is 12.3. The molecule has 8 nitrogen and oxygen atoms in total. The number of ether oxygens (including phenoxy) is 1. The van der Waals surface area contributed by atoms with Gasteiger partial charge in [-0.25, -0.2) is 4.98 Å². The second-order valence-corrected chi connectivity index (χ2v) is 7.27. The number of anilines is 1. The van der Waals surface area contributed by atoms with E-state index < -0.39 is 18.5 Å². The third-order valence-electron chi connectivity index (χ3n) is 4.57. The van der Waals surface area contributed by atoms with Crippen molar-refractivity contribution in [3.8, 4) is 0 Å². The van der Waals surface area contributed by atoms with Gasteiger partial charge >= 0.3 is 5.97 Å². The lowest BCUT2D eigenvalue weighted by Crippen LogP contribution is -2.33. The summed E-state index contributed by atoms with van der Waals surface area (Å²) < 4.78 is 4.88. The van der Waals surface area contributed by atoms with E-state index in [0.717, 1.165) is 4.90 Å². The minimum Gasteiger partial charge on any atom is -0.456 e. The van der Waals surface area contributed by atoms with Gasteiger partial charge in [-0.05, 0) is 18.9 Å². The molecule has 3 amide bonds. The lowest BCUT2D eigenvalue weighted by atomic mass is 9.85. The van der Waals surface area contributed by atoms with Gasteiger partial charge in [0.1, 0.15) is 0 Å². The molecule has 1 aliphatic carbocycles. The molecule has 2 atom stereocenters. The number of fused-ring (bicyclic) bond motifs is 1. The first-order chi connectivity index (χ1) is 13.4. The highest BCUT2D eigenvalue weighted by molar-refractivity contribution is 6.36. The molecule has 10 heteroatoms. The highest BCUT2D eigenvalue weighted by Crippen LogP contribution is 2.35. The average Bonchev–Trinajstić information content (AvgIpc) is 2.91. The molecule has 1 saturated heterocycles. The minimum absolute atomic E-state index is 0.0598. The molecule has 1 aromatic heterocycles. The van der Waals surface area contributed by atoms with Gasteiger partial charge in [0.25, 0.3) is 5.91 Å². The molecule has 1 aliphatic heterocycles. The summed E-state index contributed by atoms with van der Waals surface area (Å²) in [4.78, 5) is 53.3. The quantitative estimate of drug-likeness (QED) is 0.425. The zero-order valence-electron chi connectivity index (χ0n) is 14.7. The number of aromatic nitrogens is 1. The molecule has 1 N–H and O–H groups in total. The van der Waals surface area contributed by atoms with E-state index in [9.17, 15) is 19.2 Å². The van der Waals surface area contributed by atoms with Gasteiger partial charge in [0, 0.05) is 12.7 Å². The first-order valence-electron chi connectivity index (χ1n) is 8.63. The van der Waals surface area contributed by atoms with Crippen molar-refractivity contribution in [2.24, 2.45) is 11.8 Å². The van der Waals surface area contributed by atoms with Crippen LogP contribution in [-0.4, -0.2) is 46.7 Å². The lowest BCUT2D eigenvalue weighted by molar-refractivity contribution is -0.148. The third-order valence-corrected chi connectivity index (χ3v) is 5.06. The predicted octanol–water partition coefficient (Wildman–Crippen LogP) is 2.21. The normalized spacial score (nSPS) is 20.9. The van der Waals surface area contributed by atoms with Crippen molar-refractivity contribution in [2.75, 3.05) is 18.5 Å². The number of esters is 1. The number of halogens is 2. The fourth-order valence-electron chi connectivity index (χ4n) is 3.19. The fraction of sp³-hybridized carbons (Fsp3) is 0.389. The number of rotatable bonds is 6. The molecule has 3 rings (SSSR count). The zero-order valence-corrected chi connectivity index (χ0v) is 16.2. The van der Waals surface area contributed by atoms with E-state index in [1.807, 2.05) is 12.2 Å². The van der Waals surface area contributed by atoms with Gasteiger partial charge in [0.15, 0.2) is 12.4 Å². The van der Waals surface area contributed by atoms with Crippen molar-refractivity contribution in [3.05, 3.63) is 34.5 Å². The number of likely N-dealkylation sites (tertiary alicyclic amines) is 1. The molecule has 0 bridgehead atoms. The second kappa shape index (κ2) is 8.70. The maximum absolute atomic E-state index is 12.3. The molecule has 0 spiro atoms. The number of carbonyl (C=O) groups is 4. The SMILES string of the molecule is O=C(COC(=O)CCN1C(=O)[C@@H]2CC=CC[C@H]2C1=O)Nc1ncc(Cl)cc1Cl. The lowest BCUT2D eigenvalue weighted by Gasteiger charge is -2.14. The van der Waals surface area contributed by atoms with Crippen LogP contribution in [0.3, 0.4) is 0 Å². The molecule has 28 heavy (non-hydrogen) atoms. The van der Waals surface area contributed by atoms with Crippen molar-refractivity contribution in [3.63, 3.8) is 0 Å². The first kappa shape index (κ1) is 20.3. The van der Waals surface area contributed by atoms with Crippen LogP contribution in [0, 0.1) is 11.8 Å². The predicted molar refractivity (Wildman–Crippen MR) is 101 cm³/mol. The summed E-state index contributed by atoms with van der Waals surface area (Å²) in [6.45, 7) is -0.605. The third kappa shape index (κ3) is 4.51. The number of imide groups is 1. The van der Waals surface area contributed by atoms with Gasteiger partial charge < -0.3 is 10.1 Å². The van der Waals surface area contributed by atoms with Crippen LogP contribution in [0.4, 0.5) is 5.82 Å². The number of carbonyl (C=O) groups excluding carboxylic acids is 4. The number of nitrogens with zero attached hydrogens (tertiary/aromatic N) is 2. The van der Waals surface area contributed by atoms with Gasteiger partial charge in [0.2, 0.25) is 11.8 Å². The molecular formula is C18H17Cl2N3O5. The highest BCUT2D eigenvalue weighted by atomic mass is 35.5. The molecular weight excluding hydrogens is 409 g/mol. The smallest absolute Gasteiger partial charge is 0.308 e. The van der Waals surface area contributed by atoms with Crippen LogP contribution >= 0.6 is 23.2 Å². The molecule has 1 aromatic rings. The number of hydrogen-bond acceptors (Lipinski definition) is 6. The molecule has 0 unspecified atom stereocenters. The number of hydrogen-bond donors (Lipinski definition) is 1. The van der Waals surface area contributed by atoms with Crippen molar-refractivity contribution >= 4 is 52.7 Å². The van der Waals surface area contributed by atoms with Crippen LogP contribution < -0.4 is 5.32 Å². The van der Waals surface area contributed by atoms with Crippen LogP contribution in [0.25, 0.3) is 0 Å². The Bertz CT molecular complexity index is 832. The Morgan fingerprint density at radius 2 is 1.82 bits per heavy atom. The summed E-state index contributed by atoms with van der Waals surface area (Å²) in [6.07, 6.45) is 5.99. The van der Waals surface area contributed by atoms with E-state index in [2.05, 4.69) is 10.3 Å². The number of amides is 3. The van der Waals surface area contributed by atoms with Crippen molar-refractivity contribution in [2.45, 2.75) is 19.3 Å². The maximum Gasteiger partial charge on any atom is 0.308 e. The summed E-state index contributed by atoms with van der Waals surface area (Å²) in [5.74, 6) is -2.42. The van der Waals surface area contributed by atoms with Gasteiger partial charge in [0.05, 0.1) is 28.3 Å². The monoisotopic (exact) mass is 425 g/mol. The van der Waals surface area contributed by atoms with Crippen LogP contribution in [-0.2, 0) is 23.9 Å². The van der Waals surface area contributed by atoms with Gasteiger partial charge in [-0.1, -0.05) is 35.4 Å². The van der Waals surface area contributed by atoms with Gasteiger partial charge in [-0.2, -0.15) is 0 Å². The van der Waals surface area contributed by atoms with Gasteiger partial charge in [-0.3, -0.25) is 24.1 Å². The fourth-order valence-corrected chi connectivity index (χ4v) is 3.61. The standard InChI is InChI=1S/C18H17Cl2N3O5/c19-10-7-13(20)16(21-8-10)22-14(24)9-28-15(25)5-6-23-17(26)11-3-1-2-4-12(11)18(23)27/h1-2,7-8,11-12H,3-6,9H2,(H,21,22,24)/t11-,12-/m1/s1. The first-order valence-corrected chi connectivity index (χ1v) is 9.39. The minimum atomic E-state index is -0.695. The summed E-state index contributed by atoms with van der Waals surface area (Å²) in [5.41, 5.74) is 0. The average molecular weight is 426 g/mol. The van der Waals surface area contributed by atoms with Crippen LogP contribution in [0.15, 0.2) is 24.4 Å². The van der Waals surface area contributed by atoms with E-state index in [0.29, 0.717) is 17.9 Å². The topological polar surface area (TPSA) is 106 Å². The van der Waals surface area contributed by atoms with Crippen LogP contribution in [0.5, 0.6) is 0 Å². The largest absolute Gasteiger partial charge is 0.456 e. The Labute approximate surface area is 170 Å². The van der Waals surface area contributed by atoms with E-state index in [4.69, 9.17) is 27.9 Å². The molecule has 1 fully saturated rings. The molecule has 0 radical (unpaired) electrons. The van der Waals surface area contributed by atoms with E-state index in [1.165, 1.54) is 12.3 Å². The number of nitrogens with one attached hydrogen (secondary N) is 1. The molecule has 0 aromatic carbocycles. The highest BCUT2D eigenvalue weighted by Gasteiger charge is 2.46. The van der Waals surface area contributed by atoms with E-state index >= 15 is 0 Å². The molecule has 0 saturated carbocycles. The molecule has 148 valence electrons. The Hall–Kier alpha value is -2.45. The Kier molecular flexibility index (Phi) is 6.31. The summed E-state index contributed by atoms with van der Waals surface area (Å²) in [5, 5.41) is 2.86. The van der Waals surface area contributed by atoms with Gasteiger partial charge in [-0.15, -0.1) is 0 Å². The zero-order chi connectivity index (χ0) is 20.3. The molecule has 2 heterocycles. The van der Waals surface area contributed by atoms with E-state index in [-0.39, 0.29) is 47.5 Å². The second-order valence-electron chi connectivity index (χ2n) is 6.43. The summed E-state index contributed by atoms with van der Waals surface area (Å²) in [6, 6.07) is 1.41. The van der Waals surface area contributed by atoms with Crippen LogP contribution in [0.2, 0.25) is 10.0 Å². The van der Waals surface area contributed by atoms with Crippen LogP contribution in [0.1, 0.15) is 19.3 Å². The van der Waals surface area contributed by atoms with E-state index in [1.54, 1.807) is 0 Å². The Morgan fingerprint density at radius 1 is 1.18 bits per heavy atom. The number of allylic oxidation sites excluding steroid dienone is 2. The Morgan fingerprint density at radius 3 is 2.43 bits per heavy atom. The Balaban J connectivity index is 1.44.